The lowest BCUT2D eigenvalue weighted by atomic mass is 10.1. The van der Waals surface area contributed by atoms with Gasteiger partial charge in [-0.05, 0) is 36.8 Å². The molecule has 1 unspecified atom stereocenters. The molecular formula is C19H15F3N2O2S. The second-order valence-electron chi connectivity index (χ2n) is 5.91. The second kappa shape index (κ2) is 7.40. The number of nitrogens with zero attached hydrogens (tertiary/aromatic N) is 1. The van der Waals surface area contributed by atoms with Gasteiger partial charge in [-0.2, -0.15) is 13.2 Å². The number of rotatable bonds is 4. The Morgan fingerprint density at radius 1 is 1.19 bits per heavy atom. The topological polar surface area (TPSA) is 62.2 Å². The minimum Gasteiger partial charge on any atom is -0.508 e. The summed E-state index contributed by atoms with van der Waals surface area (Å²) in [6.45, 7) is 1.76. The highest BCUT2D eigenvalue weighted by atomic mass is 32.1. The van der Waals surface area contributed by atoms with Crippen LogP contribution < -0.4 is 5.32 Å². The molecule has 0 saturated heterocycles. The molecule has 1 atom stereocenters. The van der Waals surface area contributed by atoms with Gasteiger partial charge in [-0.1, -0.05) is 24.3 Å². The quantitative estimate of drug-likeness (QED) is 0.655. The maximum Gasteiger partial charge on any atom is 0.416 e. The Hall–Kier alpha value is -2.87. The van der Waals surface area contributed by atoms with E-state index in [0.717, 1.165) is 29.0 Å². The standard InChI is InChI=1S/C19H15F3N2O2S/c1-11(12-4-3-7-15(25)9-12)23-17(26)16-10-27-18(24-16)13-5-2-6-14(8-13)19(20,21)22/h2-11,25H,1H3,(H,23,26). The highest BCUT2D eigenvalue weighted by Gasteiger charge is 2.30. The predicted molar refractivity (Wildman–Crippen MR) is 96.5 cm³/mol. The normalized spacial score (nSPS) is 12.6. The monoisotopic (exact) mass is 392 g/mol. The SMILES string of the molecule is CC(NC(=O)c1csc(-c2cccc(C(F)(F)F)c2)n1)c1cccc(O)c1. The van der Waals surface area contributed by atoms with Crippen LogP contribution in [0.25, 0.3) is 10.6 Å². The van der Waals surface area contributed by atoms with Crippen LogP contribution in [0.2, 0.25) is 0 Å². The molecule has 27 heavy (non-hydrogen) atoms. The van der Waals surface area contributed by atoms with Gasteiger partial charge < -0.3 is 10.4 Å². The van der Waals surface area contributed by atoms with Crippen molar-refractivity contribution in [2.24, 2.45) is 0 Å². The molecule has 0 radical (unpaired) electrons. The molecule has 3 aromatic rings. The van der Waals surface area contributed by atoms with Crippen LogP contribution in [-0.4, -0.2) is 16.0 Å². The molecule has 140 valence electrons. The number of carbonyl (C=O) groups is 1. The zero-order chi connectivity index (χ0) is 19.6. The van der Waals surface area contributed by atoms with E-state index >= 15 is 0 Å². The number of phenols is 1. The predicted octanol–water partition coefficient (Wildman–Crippen LogP) is 5.03. The van der Waals surface area contributed by atoms with Gasteiger partial charge in [0.05, 0.1) is 11.6 Å². The van der Waals surface area contributed by atoms with E-state index in [-0.39, 0.29) is 17.5 Å². The average Bonchev–Trinajstić information content (AvgIpc) is 3.11. The molecule has 0 fully saturated rings. The Morgan fingerprint density at radius 3 is 2.63 bits per heavy atom. The lowest BCUT2D eigenvalue weighted by molar-refractivity contribution is -0.137. The summed E-state index contributed by atoms with van der Waals surface area (Å²) in [6.07, 6.45) is -4.44. The number of alkyl halides is 3. The summed E-state index contributed by atoms with van der Waals surface area (Å²) in [5, 5.41) is 14.1. The Labute approximate surface area is 157 Å². The number of amides is 1. The van der Waals surface area contributed by atoms with Gasteiger partial charge in [0.15, 0.2) is 0 Å². The Bertz CT molecular complexity index is 969. The molecule has 1 amide bonds. The lowest BCUT2D eigenvalue weighted by Crippen LogP contribution is -2.26. The van der Waals surface area contributed by atoms with Gasteiger partial charge in [0.2, 0.25) is 0 Å². The summed E-state index contributed by atoms with van der Waals surface area (Å²) in [5.74, 6) is -0.352. The summed E-state index contributed by atoms with van der Waals surface area (Å²) in [4.78, 5) is 16.5. The van der Waals surface area contributed by atoms with Crippen molar-refractivity contribution in [3.63, 3.8) is 0 Å². The fourth-order valence-corrected chi connectivity index (χ4v) is 3.28. The first-order valence-corrected chi connectivity index (χ1v) is 8.85. The summed E-state index contributed by atoms with van der Waals surface area (Å²) >= 11 is 1.10. The van der Waals surface area contributed by atoms with Gasteiger partial charge in [-0.3, -0.25) is 4.79 Å². The molecule has 0 saturated carbocycles. The van der Waals surface area contributed by atoms with E-state index in [2.05, 4.69) is 10.3 Å². The lowest BCUT2D eigenvalue weighted by Gasteiger charge is -2.13. The van der Waals surface area contributed by atoms with Crippen LogP contribution >= 0.6 is 11.3 Å². The smallest absolute Gasteiger partial charge is 0.416 e. The minimum atomic E-state index is -4.44. The number of hydrogen-bond donors (Lipinski definition) is 2. The zero-order valence-corrected chi connectivity index (χ0v) is 14.9. The Kier molecular flexibility index (Phi) is 5.18. The highest BCUT2D eigenvalue weighted by molar-refractivity contribution is 7.13. The van der Waals surface area contributed by atoms with Crippen molar-refractivity contribution in [1.82, 2.24) is 10.3 Å². The number of halogens is 3. The molecule has 0 aliphatic carbocycles. The number of benzene rings is 2. The van der Waals surface area contributed by atoms with Crippen LogP contribution in [0.5, 0.6) is 5.75 Å². The van der Waals surface area contributed by atoms with Crippen molar-refractivity contribution >= 4 is 17.2 Å². The van der Waals surface area contributed by atoms with Crippen LogP contribution in [0, 0.1) is 0 Å². The van der Waals surface area contributed by atoms with Crippen LogP contribution in [-0.2, 0) is 6.18 Å². The third kappa shape index (κ3) is 4.46. The van der Waals surface area contributed by atoms with Crippen molar-refractivity contribution in [2.45, 2.75) is 19.1 Å². The van der Waals surface area contributed by atoms with Gasteiger partial charge in [0.25, 0.3) is 5.91 Å². The number of nitrogens with one attached hydrogen (secondary N) is 1. The molecule has 3 rings (SSSR count). The van der Waals surface area contributed by atoms with Gasteiger partial charge in [0, 0.05) is 10.9 Å². The van der Waals surface area contributed by atoms with Crippen LogP contribution in [0.1, 0.15) is 34.6 Å². The Morgan fingerprint density at radius 2 is 1.93 bits per heavy atom. The molecule has 0 aliphatic heterocycles. The molecule has 0 bridgehead atoms. The van der Waals surface area contributed by atoms with Gasteiger partial charge in [-0.15, -0.1) is 11.3 Å². The third-order valence-electron chi connectivity index (χ3n) is 3.89. The average molecular weight is 392 g/mol. The van der Waals surface area contributed by atoms with Crippen LogP contribution in [0.4, 0.5) is 13.2 Å². The van der Waals surface area contributed by atoms with Crippen LogP contribution in [0.15, 0.2) is 53.9 Å². The van der Waals surface area contributed by atoms with Crippen molar-refractivity contribution < 1.29 is 23.1 Å². The zero-order valence-electron chi connectivity index (χ0n) is 14.1. The molecule has 2 N–H and O–H groups in total. The van der Waals surface area contributed by atoms with Gasteiger partial charge in [0.1, 0.15) is 16.5 Å². The number of hydrogen-bond acceptors (Lipinski definition) is 4. The maximum absolute atomic E-state index is 12.9. The van der Waals surface area contributed by atoms with E-state index in [1.165, 1.54) is 23.6 Å². The van der Waals surface area contributed by atoms with Gasteiger partial charge in [-0.25, -0.2) is 4.98 Å². The number of aromatic nitrogens is 1. The van der Waals surface area contributed by atoms with E-state index < -0.39 is 17.6 Å². The molecule has 8 heteroatoms. The maximum atomic E-state index is 12.9. The first-order chi connectivity index (χ1) is 12.7. The number of phenolic OH excluding ortho intramolecular Hbond substituents is 1. The fraction of sp³-hybridized carbons (Fsp3) is 0.158. The largest absolute Gasteiger partial charge is 0.508 e. The summed E-state index contributed by atoms with van der Waals surface area (Å²) in [6, 6.07) is 11.0. The summed E-state index contributed by atoms with van der Waals surface area (Å²) in [7, 11) is 0. The highest BCUT2D eigenvalue weighted by Crippen LogP contribution is 2.33. The minimum absolute atomic E-state index is 0.0918. The molecule has 4 nitrogen and oxygen atoms in total. The van der Waals surface area contributed by atoms with Crippen molar-refractivity contribution in [2.75, 3.05) is 0 Å². The molecular weight excluding hydrogens is 377 g/mol. The second-order valence-corrected chi connectivity index (χ2v) is 6.76. The molecule has 1 heterocycles. The first-order valence-electron chi connectivity index (χ1n) is 7.97. The summed E-state index contributed by atoms with van der Waals surface area (Å²) in [5.41, 5.74) is 0.379. The van der Waals surface area contributed by atoms with Crippen molar-refractivity contribution in [3.8, 4) is 16.3 Å². The van der Waals surface area contributed by atoms with Gasteiger partial charge >= 0.3 is 6.18 Å². The first kappa shape index (κ1) is 18.9. The van der Waals surface area contributed by atoms with E-state index in [4.69, 9.17) is 0 Å². The fourth-order valence-electron chi connectivity index (χ4n) is 2.49. The van der Waals surface area contributed by atoms with Crippen LogP contribution in [0.3, 0.4) is 0 Å². The van der Waals surface area contributed by atoms with E-state index in [1.54, 1.807) is 25.1 Å². The van der Waals surface area contributed by atoms with Crippen molar-refractivity contribution in [1.29, 1.82) is 0 Å². The Balaban J connectivity index is 1.76. The van der Waals surface area contributed by atoms with E-state index in [1.807, 2.05) is 0 Å². The third-order valence-corrected chi connectivity index (χ3v) is 4.78. The van der Waals surface area contributed by atoms with Crippen molar-refractivity contribution in [3.05, 3.63) is 70.7 Å². The number of carbonyl (C=O) groups excluding carboxylic acids is 1. The van der Waals surface area contributed by atoms with E-state index in [9.17, 15) is 23.1 Å². The summed E-state index contributed by atoms with van der Waals surface area (Å²) < 4.78 is 38.6. The number of thiazole rings is 1. The molecule has 0 aliphatic rings. The molecule has 1 aromatic heterocycles. The molecule has 0 spiro atoms. The van der Waals surface area contributed by atoms with E-state index in [0.29, 0.717) is 10.6 Å². The number of aromatic hydroxyl groups is 1. The molecule has 2 aromatic carbocycles.